The molecule has 0 spiro atoms. The van der Waals surface area contributed by atoms with E-state index < -0.39 is 21.4 Å². The van der Waals surface area contributed by atoms with Crippen LogP contribution >= 0.6 is 21.4 Å². The lowest BCUT2D eigenvalue weighted by molar-refractivity contribution is 0.588. The molecule has 0 saturated heterocycles. The quantitative estimate of drug-likeness (QED) is 0.0909. The van der Waals surface area contributed by atoms with E-state index in [1.807, 2.05) is 206 Å². The van der Waals surface area contributed by atoms with Crippen LogP contribution in [0, 0.1) is 0 Å². The van der Waals surface area contributed by atoms with Gasteiger partial charge in [-0.2, -0.15) is 0 Å². The van der Waals surface area contributed by atoms with Crippen LogP contribution in [0.4, 0.5) is 0 Å². The fraction of sp³-hybridized carbons (Fsp3) is 0.0526. The molecule has 8 aromatic rings. The van der Waals surface area contributed by atoms with E-state index in [9.17, 15) is 13.7 Å². The number of hydrogen-bond acceptors (Lipinski definition) is 3. The van der Waals surface area contributed by atoms with E-state index >= 15 is 0 Å². The molecule has 0 aliphatic carbocycles. The first-order valence-corrected chi connectivity index (χ1v) is 26.9. The molecule has 0 atom stereocenters. The van der Waals surface area contributed by atoms with Gasteiger partial charge in [0, 0.05) is 50.3 Å². The maximum absolute atomic E-state index is 14.8. The Morgan fingerprint density at radius 3 is 0.794 bits per heavy atom. The third kappa shape index (κ3) is 10.3. The second-order valence-electron chi connectivity index (χ2n) is 15.5. The molecule has 0 aromatic heterocycles. The van der Waals surface area contributed by atoms with Crippen molar-refractivity contribution in [2.24, 2.45) is 0 Å². The molecule has 0 radical (unpaired) electrons. The first-order chi connectivity index (χ1) is 30.8. The lowest BCUT2D eigenvalue weighted by Crippen LogP contribution is -2.17. The van der Waals surface area contributed by atoms with E-state index in [0.717, 1.165) is 59.6 Å². The zero-order valence-corrected chi connectivity index (χ0v) is 37.7. The van der Waals surface area contributed by atoms with E-state index in [2.05, 4.69) is 54.6 Å². The van der Waals surface area contributed by atoms with Gasteiger partial charge in [-0.15, -0.1) is 0 Å². The highest BCUT2D eigenvalue weighted by molar-refractivity contribution is 7.79. The monoisotopic (exact) mass is 874 g/mol. The smallest absolute Gasteiger partial charge is 0.146 e. The van der Waals surface area contributed by atoms with Crippen molar-refractivity contribution in [3.63, 3.8) is 0 Å². The summed E-state index contributed by atoms with van der Waals surface area (Å²) in [5.41, 5.74) is 5.01. The standard InChI is InChI=1S/C57H49O3P3/c58-61(52-25-7-1-8-26-52,53-27-9-2-10-28-53)41-19-22-47-37-39-50(40-38-47)51-45-48(23-20-42-62(59,54-29-11-3-12-30-54)55-31-13-4-14-32-55)44-49(46-51)24-21-43-63(60,56-33-15-5-16-34-56)57-35-17-6-18-36-57/h1-40,44-46H,41-43H2/b22-19+,23-20+,24-21?. The van der Waals surface area contributed by atoms with Gasteiger partial charge in [-0.3, -0.25) is 0 Å². The van der Waals surface area contributed by atoms with Gasteiger partial charge >= 0.3 is 0 Å². The van der Waals surface area contributed by atoms with Gasteiger partial charge in [0.15, 0.2) is 0 Å². The van der Waals surface area contributed by atoms with E-state index in [1.54, 1.807) is 0 Å². The molecular formula is C57H49O3P3. The summed E-state index contributed by atoms with van der Waals surface area (Å²) in [5.74, 6) is 0. The van der Waals surface area contributed by atoms with Crippen LogP contribution in [0.25, 0.3) is 29.4 Å². The molecule has 0 saturated carbocycles. The van der Waals surface area contributed by atoms with Gasteiger partial charge in [-0.25, -0.2) is 0 Å². The Labute approximate surface area is 372 Å². The number of rotatable bonds is 16. The average molecular weight is 875 g/mol. The molecule has 0 aliphatic rings. The number of benzene rings is 8. The molecule has 0 N–H and O–H groups in total. The molecule has 8 aromatic carbocycles. The molecule has 6 heteroatoms. The van der Waals surface area contributed by atoms with Crippen molar-refractivity contribution < 1.29 is 13.7 Å². The van der Waals surface area contributed by atoms with Crippen LogP contribution in [0.2, 0.25) is 0 Å². The minimum Gasteiger partial charge on any atom is -0.313 e. The Balaban J connectivity index is 1.10. The minimum atomic E-state index is -2.95. The predicted molar refractivity (Wildman–Crippen MR) is 273 cm³/mol. The molecule has 3 nitrogen and oxygen atoms in total. The van der Waals surface area contributed by atoms with Crippen LogP contribution < -0.4 is 31.8 Å². The lowest BCUT2D eigenvalue weighted by atomic mass is 9.98. The Morgan fingerprint density at radius 2 is 0.524 bits per heavy atom. The zero-order valence-electron chi connectivity index (χ0n) is 35.0. The third-order valence-corrected chi connectivity index (χ3v) is 20.2. The summed E-state index contributed by atoms with van der Waals surface area (Å²) in [6, 6.07) is 73.4. The minimum absolute atomic E-state index is 0.371. The van der Waals surface area contributed by atoms with Crippen molar-refractivity contribution in [2.75, 3.05) is 18.5 Å². The lowest BCUT2D eigenvalue weighted by Gasteiger charge is -2.18. The molecular weight excluding hydrogens is 826 g/mol. The van der Waals surface area contributed by atoms with Crippen LogP contribution in [-0.2, 0) is 13.7 Å². The van der Waals surface area contributed by atoms with Crippen molar-refractivity contribution in [2.45, 2.75) is 0 Å². The van der Waals surface area contributed by atoms with Crippen molar-refractivity contribution in [3.05, 3.63) is 259 Å². The van der Waals surface area contributed by atoms with E-state index in [4.69, 9.17) is 0 Å². The van der Waals surface area contributed by atoms with Crippen LogP contribution in [0.5, 0.6) is 0 Å². The summed E-state index contributed by atoms with van der Waals surface area (Å²) in [4.78, 5) is 0. The maximum atomic E-state index is 14.8. The normalized spacial score (nSPS) is 12.3. The Bertz CT molecular complexity index is 2710. The largest absolute Gasteiger partial charge is 0.313 e. The van der Waals surface area contributed by atoms with Crippen LogP contribution in [0.15, 0.2) is 243 Å². The molecule has 0 unspecified atom stereocenters. The van der Waals surface area contributed by atoms with Gasteiger partial charge in [-0.05, 0) is 46.0 Å². The summed E-state index contributed by atoms with van der Waals surface area (Å²) in [7, 11) is -8.78. The zero-order chi connectivity index (χ0) is 43.4. The van der Waals surface area contributed by atoms with Gasteiger partial charge in [0.25, 0.3) is 0 Å². The maximum Gasteiger partial charge on any atom is 0.146 e. The second-order valence-corrected chi connectivity index (χ2v) is 24.1. The van der Waals surface area contributed by atoms with E-state index in [-0.39, 0.29) is 0 Å². The van der Waals surface area contributed by atoms with Gasteiger partial charge in [0.2, 0.25) is 0 Å². The topological polar surface area (TPSA) is 51.2 Å². The predicted octanol–water partition coefficient (Wildman–Crippen LogP) is 12.4. The molecule has 8 rings (SSSR count). The number of hydrogen-bond donors (Lipinski definition) is 0. The fourth-order valence-electron chi connectivity index (χ4n) is 7.93. The van der Waals surface area contributed by atoms with Crippen LogP contribution in [0.1, 0.15) is 16.7 Å². The highest BCUT2D eigenvalue weighted by Crippen LogP contribution is 2.45. The van der Waals surface area contributed by atoms with Gasteiger partial charge in [0.1, 0.15) is 21.4 Å². The number of allylic oxidation sites excluding steroid dienone is 3. The summed E-state index contributed by atoms with van der Waals surface area (Å²) >= 11 is 0. The molecule has 63 heavy (non-hydrogen) atoms. The first kappa shape index (κ1) is 43.3. The van der Waals surface area contributed by atoms with Crippen LogP contribution in [0.3, 0.4) is 0 Å². The SMILES string of the molecule is O=P(CC=Cc1cc(/C=C/CP(=O)(c2ccccc2)c2ccccc2)cc(-c2ccc(/C=C/CP(=O)(c3ccccc3)c3ccccc3)cc2)c1)(c1ccccc1)c1ccccc1. The van der Waals surface area contributed by atoms with Crippen molar-refractivity contribution in [3.8, 4) is 11.1 Å². The summed E-state index contributed by atoms with van der Waals surface area (Å²) < 4.78 is 44.2. The average Bonchev–Trinajstić information content (AvgIpc) is 3.35. The van der Waals surface area contributed by atoms with Crippen LogP contribution in [-0.4, -0.2) is 18.5 Å². The Kier molecular flexibility index (Phi) is 13.9. The van der Waals surface area contributed by atoms with E-state index in [0.29, 0.717) is 18.5 Å². The molecule has 0 heterocycles. The van der Waals surface area contributed by atoms with Gasteiger partial charge in [-0.1, -0.05) is 243 Å². The summed E-state index contributed by atoms with van der Waals surface area (Å²) in [5, 5.41) is 5.02. The third-order valence-electron chi connectivity index (χ3n) is 11.3. The van der Waals surface area contributed by atoms with Gasteiger partial charge < -0.3 is 13.7 Å². The highest BCUT2D eigenvalue weighted by Gasteiger charge is 2.27. The molecule has 0 amide bonds. The molecule has 0 bridgehead atoms. The Hall–Kier alpha value is -6.33. The second kappa shape index (κ2) is 20.2. The summed E-state index contributed by atoms with van der Waals surface area (Å²) in [6.45, 7) is 0. The first-order valence-electron chi connectivity index (χ1n) is 21.2. The van der Waals surface area contributed by atoms with E-state index in [1.165, 1.54) is 0 Å². The fourth-order valence-corrected chi connectivity index (χ4v) is 15.2. The summed E-state index contributed by atoms with van der Waals surface area (Å²) in [6.07, 6.45) is 13.4. The molecule has 310 valence electrons. The van der Waals surface area contributed by atoms with Crippen molar-refractivity contribution in [1.29, 1.82) is 0 Å². The Morgan fingerprint density at radius 1 is 0.270 bits per heavy atom. The van der Waals surface area contributed by atoms with Crippen molar-refractivity contribution >= 4 is 71.5 Å². The molecule has 0 fully saturated rings. The van der Waals surface area contributed by atoms with Crippen molar-refractivity contribution in [1.82, 2.24) is 0 Å². The highest BCUT2D eigenvalue weighted by atomic mass is 31.2. The molecule has 0 aliphatic heterocycles. The van der Waals surface area contributed by atoms with Gasteiger partial charge in [0.05, 0.1) is 0 Å².